The number of rotatable bonds is 6. The van der Waals surface area contributed by atoms with Crippen molar-refractivity contribution >= 4 is 28.9 Å². The molecule has 0 saturated carbocycles. The van der Waals surface area contributed by atoms with E-state index >= 15 is 0 Å². The Morgan fingerprint density at radius 1 is 1.03 bits per heavy atom. The Labute approximate surface area is 190 Å². The topological polar surface area (TPSA) is 129 Å². The second-order valence-corrected chi connectivity index (χ2v) is 7.66. The molecule has 0 aliphatic carbocycles. The van der Waals surface area contributed by atoms with Crippen LogP contribution in [0.15, 0.2) is 49.1 Å². The van der Waals surface area contributed by atoms with Crippen LogP contribution in [-0.4, -0.2) is 52.0 Å². The number of aryl methyl sites for hydroxylation is 1. The van der Waals surface area contributed by atoms with Crippen molar-refractivity contribution in [3.8, 4) is 0 Å². The fourth-order valence-corrected chi connectivity index (χ4v) is 3.79. The first-order valence-corrected chi connectivity index (χ1v) is 10.5. The van der Waals surface area contributed by atoms with Gasteiger partial charge >= 0.3 is 5.69 Å². The maximum absolute atomic E-state index is 12.3. The monoisotopic (exact) mass is 448 g/mol. The van der Waals surface area contributed by atoms with Crippen LogP contribution in [0.4, 0.5) is 23.0 Å². The highest BCUT2D eigenvalue weighted by atomic mass is 16.6. The van der Waals surface area contributed by atoms with E-state index in [4.69, 9.17) is 0 Å². The minimum atomic E-state index is -0.534. The second-order valence-electron chi connectivity index (χ2n) is 7.66. The lowest BCUT2D eigenvalue weighted by atomic mass is 10.1. The molecule has 1 saturated heterocycles. The third kappa shape index (κ3) is 4.66. The van der Waals surface area contributed by atoms with E-state index < -0.39 is 10.8 Å². The van der Waals surface area contributed by atoms with E-state index in [1.54, 1.807) is 0 Å². The summed E-state index contributed by atoms with van der Waals surface area (Å²) in [5, 5.41) is 11.9. The number of carbonyl (C=O) groups excluding carboxylic acids is 1. The van der Waals surface area contributed by atoms with Crippen LogP contribution < -0.4 is 20.7 Å². The SMILES string of the molecule is Cc1cccc(N2CCN(c3ncnc(NNC(=O)c4ccncc4)c3[N+](=O)[O-])CC2)c1C. The van der Waals surface area contributed by atoms with E-state index in [0.29, 0.717) is 31.7 Å². The summed E-state index contributed by atoms with van der Waals surface area (Å²) in [4.78, 5) is 39.8. The summed E-state index contributed by atoms with van der Waals surface area (Å²) in [6.07, 6.45) is 4.22. The molecular weight excluding hydrogens is 424 g/mol. The predicted molar refractivity (Wildman–Crippen MR) is 124 cm³/mol. The van der Waals surface area contributed by atoms with Gasteiger partial charge in [-0.15, -0.1) is 0 Å². The lowest BCUT2D eigenvalue weighted by Crippen LogP contribution is -2.47. The Balaban J connectivity index is 1.50. The number of hydrazine groups is 1. The number of anilines is 3. The van der Waals surface area contributed by atoms with Gasteiger partial charge in [-0.3, -0.25) is 30.7 Å². The van der Waals surface area contributed by atoms with Crippen molar-refractivity contribution in [1.82, 2.24) is 20.4 Å². The second kappa shape index (κ2) is 9.47. The van der Waals surface area contributed by atoms with Crippen molar-refractivity contribution in [3.63, 3.8) is 0 Å². The zero-order valence-electron chi connectivity index (χ0n) is 18.4. The van der Waals surface area contributed by atoms with Gasteiger partial charge in [0, 0.05) is 49.8 Å². The summed E-state index contributed by atoms with van der Waals surface area (Å²) in [5.74, 6) is -0.324. The van der Waals surface area contributed by atoms with Gasteiger partial charge in [0.05, 0.1) is 4.92 Å². The van der Waals surface area contributed by atoms with Crippen LogP contribution in [0.2, 0.25) is 0 Å². The number of pyridine rings is 1. The predicted octanol–water partition coefficient (Wildman–Crippen LogP) is 2.48. The minimum Gasteiger partial charge on any atom is -0.368 e. The smallest absolute Gasteiger partial charge is 0.355 e. The molecule has 3 aromatic rings. The summed E-state index contributed by atoms with van der Waals surface area (Å²) in [7, 11) is 0. The molecule has 1 aliphatic heterocycles. The zero-order chi connectivity index (χ0) is 23.4. The zero-order valence-corrected chi connectivity index (χ0v) is 18.4. The van der Waals surface area contributed by atoms with Gasteiger partial charge in [0.2, 0.25) is 11.6 Å². The van der Waals surface area contributed by atoms with E-state index in [2.05, 4.69) is 56.7 Å². The normalized spacial score (nSPS) is 13.5. The van der Waals surface area contributed by atoms with Crippen LogP contribution in [0, 0.1) is 24.0 Å². The number of hydrogen-bond acceptors (Lipinski definition) is 9. The highest BCUT2D eigenvalue weighted by Crippen LogP contribution is 2.33. The average molecular weight is 448 g/mol. The summed E-state index contributed by atoms with van der Waals surface area (Å²) >= 11 is 0. The molecule has 1 fully saturated rings. The van der Waals surface area contributed by atoms with E-state index in [1.807, 2.05) is 11.0 Å². The van der Waals surface area contributed by atoms with Crippen LogP contribution in [0.25, 0.3) is 0 Å². The van der Waals surface area contributed by atoms with Crippen molar-refractivity contribution < 1.29 is 9.72 Å². The number of benzene rings is 1. The molecule has 11 heteroatoms. The molecule has 1 aliphatic rings. The van der Waals surface area contributed by atoms with Gasteiger partial charge < -0.3 is 9.80 Å². The number of nitrogens with zero attached hydrogens (tertiary/aromatic N) is 6. The molecule has 33 heavy (non-hydrogen) atoms. The Morgan fingerprint density at radius 2 is 1.73 bits per heavy atom. The van der Waals surface area contributed by atoms with Crippen LogP contribution >= 0.6 is 0 Å². The molecule has 2 aromatic heterocycles. The minimum absolute atomic E-state index is 0.0793. The molecular formula is C22H24N8O3. The summed E-state index contributed by atoms with van der Waals surface area (Å²) in [5.41, 5.74) is 8.72. The van der Waals surface area contributed by atoms with Crippen molar-refractivity contribution in [1.29, 1.82) is 0 Å². The van der Waals surface area contributed by atoms with Crippen molar-refractivity contribution in [2.24, 2.45) is 0 Å². The van der Waals surface area contributed by atoms with E-state index in [1.165, 1.54) is 47.7 Å². The van der Waals surface area contributed by atoms with Gasteiger partial charge in [-0.05, 0) is 43.2 Å². The van der Waals surface area contributed by atoms with E-state index in [9.17, 15) is 14.9 Å². The Bertz CT molecular complexity index is 1160. The van der Waals surface area contributed by atoms with E-state index in [0.717, 1.165) is 0 Å². The Morgan fingerprint density at radius 3 is 2.42 bits per heavy atom. The standard InChI is InChI=1S/C22H24N8O3/c1-15-4-3-5-18(16(15)2)28-10-12-29(13-11-28)21-19(30(32)33)20(24-14-25-21)26-27-22(31)17-6-8-23-9-7-17/h3-9,14H,10-13H2,1-2H3,(H,27,31)(H,24,25,26). The Hall–Kier alpha value is -4.28. The molecule has 0 radical (unpaired) electrons. The van der Waals surface area contributed by atoms with Gasteiger partial charge in [-0.25, -0.2) is 9.97 Å². The van der Waals surface area contributed by atoms with Crippen LogP contribution in [-0.2, 0) is 0 Å². The quantitative estimate of drug-likeness (QED) is 0.431. The number of nitrogens with one attached hydrogen (secondary N) is 2. The number of piperazine rings is 1. The fraction of sp³-hybridized carbons (Fsp3) is 0.273. The maximum atomic E-state index is 12.3. The number of aromatic nitrogens is 3. The molecule has 170 valence electrons. The molecule has 3 heterocycles. The lowest BCUT2D eigenvalue weighted by molar-refractivity contribution is -0.383. The molecule has 0 spiro atoms. The number of amides is 1. The molecule has 0 bridgehead atoms. The van der Waals surface area contributed by atoms with Crippen molar-refractivity contribution in [2.75, 3.05) is 41.4 Å². The van der Waals surface area contributed by atoms with Gasteiger partial charge in [0.1, 0.15) is 6.33 Å². The van der Waals surface area contributed by atoms with E-state index in [-0.39, 0.29) is 17.3 Å². The first-order chi connectivity index (χ1) is 16.0. The first-order valence-electron chi connectivity index (χ1n) is 10.5. The largest absolute Gasteiger partial charge is 0.368 e. The number of hydrogen-bond donors (Lipinski definition) is 2. The fourth-order valence-electron chi connectivity index (χ4n) is 3.79. The molecule has 0 unspecified atom stereocenters. The number of carbonyl (C=O) groups is 1. The van der Waals surface area contributed by atoms with Crippen molar-refractivity contribution in [3.05, 3.63) is 75.9 Å². The van der Waals surface area contributed by atoms with Crippen LogP contribution in [0.1, 0.15) is 21.5 Å². The molecule has 1 aromatic carbocycles. The maximum Gasteiger partial charge on any atom is 0.355 e. The third-order valence-corrected chi connectivity index (χ3v) is 5.72. The van der Waals surface area contributed by atoms with Crippen molar-refractivity contribution in [2.45, 2.75) is 13.8 Å². The summed E-state index contributed by atoms with van der Waals surface area (Å²) in [6, 6.07) is 9.29. The van der Waals surface area contributed by atoms with Gasteiger partial charge in [-0.1, -0.05) is 12.1 Å². The highest BCUT2D eigenvalue weighted by Gasteiger charge is 2.30. The number of nitro groups is 1. The summed E-state index contributed by atoms with van der Waals surface area (Å²) in [6.45, 7) is 6.72. The highest BCUT2D eigenvalue weighted by molar-refractivity contribution is 5.94. The van der Waals surface area contributed by atoms with Crippen LogP contribution in [0.3, 0.4) is 0 Å². The Kier molecular flexibility index (Phi) is 6.29. The first kappa shape index (κ1) is 21.9. The van der Waals surface area contributed by atoms with Crippen LogP contribution in [0.5, 0.6) is 0 Å². The molecule has 0 atom stereocenters. The summed E-state index contributed by atoms with van der Waals surface area (Å²) < 4.78 is 0. The molecule has 2 N–H and O–H groups in total. The molecule has 11 nitrogen and oxygen atoms in total. The molecule has 1 amide bonds. The van der Waals surface area contributed by atoms with Gasteiger partial charge in [0.25, 0.3) is 5.91 Å². The van der Waals surface area contributed by atoms with Gasteiger partial charge in [-0.2, -0.15) is 0 Å². The third-order valence-electron chi connectivity index (χ3n) is 5.72. The lowest BCUT2D eigenvalue weighted by Gasteiger charge is -2.37. The molecule has 4 rings (SSSR count). The average Bonchev–Trinajstić information content (AvgIpc) is 2.84. The van der Waals surface area contributed by atoms with Gasteiger partial charge in [0.15, 0.2) is 0 Å².